The lowest BCUT2D eigenvalue weighted by Crippen LogP contribution is -2.78. The Morgan fingerprint density at radius 1 is 1.03 bits per heavy atom. The number of hydrogen-bond donors (Lipinski definition) is 4. The van der Waals surface area contributed by atoms with Crippen LogP contribution >= 0.6 is 0 Å². The molecule has 0 unspecified atom stereocenters. The third kappa shape index (κ3) is 2.07. The zero-order chi connectivity index (χ0) is 22.8. The van der Waals surface area contributed by atoms with Crippen LogP contribution in [0.15, 0.2) is 0 Å². The third-order valence-corrected chi connectivity index (χ3v) is 11.2. The van der Waals surface area contributed by atoms with Gasteiger partial charge in [0, 0.05) is 68.4 Å². The quantitative estimate of drug-likeness (QED) is 0.440. The average Bonchev–Trinajstić information content (AvgIpc) is 3.19. The van der Waals surface area contributed by atoms with E-state index in [1.54, 1.807) is 21.3 Å². The second kappa shape index (κ2) is 6.88. The Morgan fingerprint density at radius 3 is 2.38 bits per heavy atom. The zero-order valence-electron chi connectivity index (χ0n) is 19.6. The minimum atomic E-state index is -1.54. The number of hydrogen-bond acceptors (Lipinski definition) is 8. The maximum Gasteiger partial charge on any atom is 0.110 e. The molecule has 8 nitrogen and oxygen atoms in total. The summed E-state index contributed by atoms with van der Waals surface area (Å²) in [5, 5.41) is 47.3. The molecule has 6 fully saturated rings. The Bertz CT molecular complexity index is 783. The van der Waals surface area contributed by atoms with Gasteiger partial charge in [-0.25, -0.2) is 0 Å². The maximum atomic E-state index is 12.5. The predicted octanol–water partition coefficient (Wildman–Crippen LogP) is -0.527. The molecule has 0 amide bonds. The highest BCUT2D eigenvalue weighted by Gasteiger charge is 2.87. The smallest absolute Gasteiger partial charge is 0.110 e. The van der Waals surface area contributed by atoms with Crippen molar-refractivity contribution in [1.82, 2.24) is 4.90 Å². The summed E-state index contributed by atoms with van der Waals surface area (Å²) in [6.07, 6.45) is -1.22. The second-order valence-electron chi connectivity index (χ2n) is 11.6. The number of aliphatic hydroxyl groups is 4. The first-order chi connectivity index (χ1) is 15.3. The summed E-state index contributed by atoms with van der Waals surface area (Å²) in [5.41, 5.74) is -2.24. The van der Waals surface area contributed by atoms with Crippen molar-refractivity contribution in [1.29, 1.82) is 0 Å². The van der Waals surface area contributed by atoms with Crippen LogP contribution in [0.5, 0.6) is 0 Å². The summed E-state index contributed by atoms with van der Waals surface area (Å²) in [4.78, 5) is 2.42. The van der Waals surface area contributed by atoms with Crippen molar-refractivity contribution >= 4 is 0 Å². The van der Waals surface area contributed by atoms with Crippen LogP contribution in [-0.4, -0.2) is 109 Å². The van der Waals surface area contributed by atoms with Crippen LogP contribution in [0, 0.1) is 40.4 Å². The van der Waals surface area contributed by atoms with Gasteiger partial charge in [0.1, 0.15) is 11.7 Å². The van der Waals surface area contributed by atoms with Gasteiger partial charge in [-0.15, -0.1) is 0 Å². The first-order valence-electron chi connectivity index (χ1n) is 12.3. The average molecular weight is 454 g/mol. The first kappa shape index (κ1) is 22.2. The number of nitrogens with zero attached hydrogens (tertiary/aromatic N) is 1. The summed E-state index contributed by atoms with van der Waals surface area (Å²) in [7, 11) is 4.98. The highest BCUT2D eigenvalue weighted by molar-refractivity contribution is 5.36. The van der Waals surface area contributed by atoms with Crippen molar-refractivity contribution in [2.75, 3.05) is 41.0 Å². The van der Waals surface area contributed by atoms with Crippen LogP contribution < -0.4 is 0 Å². The van der Waals surface area contributed by atoms with E-state index in [2.05, 4.69) is 11.8 Å². The monoisotopic (exact) mass is 453 g/mol. The molecular formula is C24H39NO7. The van der Waals surface area contributed by atoms with E-state index in [4.69, 9.17) is 14.2 Å². The number of aliphatic hydroxyl groups excluding tert-OH is 3. The number of piperidine rings is 1. The molecule has 1 saturated heterocycles. The van der Waals surface area contributed by atoms with Gasteiger partial charge >= 0.3 is 0 Å². The molecule has 0 aromatic rings. The molecule has 5 aliphatic carbocycles. The standard InChI is InChI=1S/C24H39NO7/c1-5-25-9-22(10-30-2)7-6-13(26)23-12-8-11-16(27)14(12)24(29,21(28)17(11)31-3)15(20(23)25)18(32-4)19(22)23/h11-21,26-29H,5-10H2,1-4H3/t11-,12-,13-,14+,15-,16-,17+,18-,19+,20+,21+,22-,23-,24+/m0/s1. The molecule has 1 aliphatic heterocycles. The summed E-state index contributed by atoms with van der Waals surface area (Å²) >= 11 is 0. The molecule has 182 valence electrons. The summed E-state index contributed by atoms with van der Waals surface area (Å²) in [5.74, 6) is -1.29. The lowest BCUT2D eigenvalue weighted by molar-refractivity contribution is -0.297. The number of likely N-dealkylation sites (tertiary alicyclic amines) is 1. The fourth-order valence-corrected chi connectivity index (χ4v) is 10.7. The number of fused-ring (bicyclic) bond motifs is 2. The van der Waals surface area contributed by atoms with E-state index in [0.29, 0.717) is 19.4 Å². The molecule has 6 aliphatic rings. The van der Waals surface area contributed by atoms with E-state index in [0.717, 1.165) is 19.5 Å². The van der Waals surface area contributed by atoms with Crippen LogP contribution in [0.2, 0.25) is 0 Å². The minimum Gasteiger partial charge on any atom is -0.392 e. The van der Waals surface area contributed by atoms with Gasteiger partial charge in [0.25, 0.3) is 0 Å². The van der Waals surface area contributed by atoms with Gasteiger partial charge < -0.3 is 34.6 Å². The van der Waals surface area contributed by atoms with E-state index in [1.807, 2.05) is 0 Å². The van der Waals surface area contributed by atoms with Gasteiger partial charge in [-0.05, 0) is 31.7 Å². The lowest BCUT2D eigenvalue weighted by Gasteiger charge is -2.69. The lowest BCUT2D eigenvalue weighted by atomic mass is 9.43. The molecule has 6 rings (SSSR count). The van der Waals surface area contributed by atoms with Gasteiger partial charge in [-0.2, -0.15) is 0 Å². The van der Waals surface area contributed by atoms with Crippen LogP contribution in [-0.2, 0) is 14.2 Å². The van der Waals surface area contributed by atoms with Gasteiger partial charge in [-0.1, -0.05) is 6.92 Å². The molecule has 7 bridgehead atoms. The Balaban J connectivity index is 1.64. The molecule has 4 N–H and O–H groups in total. The topological polar surface area (TPSA) is 112 Å². The van der Waals surface area contributed by atoms with Gasteiger partial charge in [0.2, 0.25) is 0 Å². The molecule has 14 atom stereocenters. The first-order valence-corrected chi connectivity index (χ1v) is 12.3. The number of methoxy groups -OCH3 is 3. The molecule has 8 heteroatoms. The molecule has 1 spiro atoms. The second-order valence-corrected chi connectivity index (χ2v) is 11.6. The van der Waals surface area contributed by atoms with Gasteiger partial charge in [0.15, 0.2) is 0 Å². The Morgan fingerprint density at radius 2 is 1.75 bits per heavy atom. The molecule has 1 heterocycles. The Hall–Kier alpha value is -0.320. The van der Waals surface area contributed by atoms with E-state index in [1.165, 1.54) is 0 Å². The summed E-state index contributed by atoms with van der Waals surface area (Å²) in [6.45, 7) is 4.33. The predicted molar refractivity (Wildman–Crippen MR) is 114 cm³/mol. The number of ether oxygens (including phenoxy) is 3. The van der Waals surface area contributed by atoms with Crippen LogP contribution in [0.25, 0.3) is 0 Å². The summed E-state index contributed by atoms with van der Waals surface area (Å²) < 4.78 is 17.7. The van der Waals surface area contributed by atoms with Crippen LogP contribution in [0.1, 0.15) is 26.2 Å². The molecule has 0 aromatic carbocycles. The van der Waals surface area contributed by atoms with E-state index >= 15 is 0 Å². The fourth-order valence-electron chi connectivity index (χ4n) is 10.7. The van der Waals surface area contributed by atoms with Crippen molar-refractivity contribution in [2.45, 2.75) is 68.3 Å². The molecular weight excluding hydrogens is 414 g/mol. The minimum absolute atomic E-state index is 0.000250. The van der Waals surface area contributed by atoms with Crippen molar-refractivity contribution < 1.29 is 34.6 Å². The maximum absolute atomic E-state index is 12.5. The number of rotatable bonds is 5. The SMILES string of the molecule is CCN1C[C@]2(COC)CC[C@H](O)[C@@]34[C@@H]2[C@@H](OC)[C@@H]([C@@H]13)[C@]1(O)[C@H]2[C@@H](O)[C@H](C[C@@H]24)[C@@H](OC)[C@H]1O. The van der Waals surface area contributed by atoms with Crippen molar-refractivity contribution in [3.8, 4) is 0 Å². The molecule has 0 aromatic heterocycles. The van der Waals surface area contributed by atoms with Crippen molar-refractivity contribution in [3.63, 3.8) is 0 Å². The zero-order valence-corrected chi connectivity index (χ0v) is 19.6. The Labute approximate surface area is 189 Å². The molecule has 32 heavy (non-hydrogen) atoms. The van der Waals surface area contributed by atoms with E-state index in [-0.39, 0.29) is 35.3 Å². The fraction of sp³-hybridized carbons (Fsp3) is 1.00. The van der Waals surface area contributed by atoms with Crippen molar-refractivity contribution in [2.24, 2.45) is 40.4 Å². The highest BCUT2D eigenvalue weighted by atomic mass is 16.5. The largest absolute Gasteiger partial charge is 0.392 e. The van der Waals surface area contributed by atoms with Crippen LogP contribution in [0.4, 0.5) is 0 Å². The van der Waals surface area contributed by atoms with Crippen molar-refractivity contribution in [3.05, 3.63) is 0 Å². The normalized spacial score (nSPS) is 62.4. The van der Waals surface area contributed by atoms with E-state index < -0.39 is 47.3 Å². The van der Waals surface area contributed by atoms with Gasteiger partial charge in [0.05, 0.1) is 31.0 Å². The molecule has 5 saturated carbocycles. The third-order valence-electron chi connectivity index (χ3n) is 11.2. The van der Waals surface area contributed by atoms with Gasteiger partial charge in [-0.3, -0.25) is 4.90 Å². The Kier molecular flexibility index (Phi) is 4.76. The van der Waals surface area contributed by atoms with E-state index in [9.17, 15) is 20.4 Å². The highest BCUT2D eigenvalue weighted by Crippen LogP contribution is 2.79. The molecule has 0 radical (unpaired) electrons. The summed E-state index contributed by atoms with van der Waals surface area (Å²) in [6, 6.07) is -0.120. The van der Waals surface area contributed by atoms with Crippen LogP contribution in [0.3, 0.4) is 0 Å².